The van der Waals surface area contributed by atoms with Crippen LogP contribution in [0, 0.1) is 11.8 Å². The van der Waals surface area contributed by atoms with Crippen LogP contribution in [0.3, 0.4) is 0 Å². The third-order valence-electron chi connectivity index (χ3n) is 2.82. The van der Waals surface area contributed by atoms with Gasteiger partial charge in [0.05, 0.1) is 0 Å². The highest BCUT2D eigenvalue weighted by Gasteiger charge is 2.31. The summed E-state index contributed by atoms with van der Waals surface area (Å²) in [5.74, 6) is 0.692. The number of rotatable bonds is 2. The molecule has 1 aliphatic rings. The summed E-state index contributed by atoms with van der Waals surface area (Å²) in [5.41, 5.74) is 0.591. The Bertz CT molecular complexity index is 345. The van der Waals surface area contributed by atoms with E-state index in [-0.39, 0.29) is 11.7 Å². The molecule has 4 heteroatoms. The van der Waals surface area contributed by atoms with E-state index in [9.17, 15) is 4.79 Å². The average Bonchev–Trinajstić information content (AvgIpc) is 2.73. The molecule has 0 saturated carbocycles. The van der Waals surface area contributed by atoms with Crippen molar-refractivity contribution in [2.24, 2.45) is 18.9 Å². The Hall–Kier alpha value is -1.16. The summed E-state index contributed by atoms with van der Waals surface area (Å²) in [4.78, 5) is 12.0. The second-order valence-corrected chi connectivity index (χ2v) is 3.98. The number of aromatic nitrogens is 2. The van der Waals surface area contributed by atoms with Crippen LogP contribution in [0.4, 0.5) is 0 Å². The van der Waals surface area contributed by atoms with Gasteiger partial charge in [0.2, 0.25) is 0 Å². The molecule has 2 rings (SSSR count). The first-order chi connectivity index (χ1) is 6.68. The predicted octanol–water partition coefficient (Wildman–Crippen LogP) is 0.458. The molecular formula is C10H15N3O. The molecule has 1 aromatic rings. The number of carbonyl (C=O) groups excluding carboxylic acids is 1. The van der Waals surface area contributed by atoms with Crippen molar-refractivity contribution in [2.75, 3.05) is 13.1 Å². The fraction of sp³-hybridized carbons (Fsp3) is 0.600. The third-order valence-corrected chi connectivity index (χ3v) is 2.82. The summed E-state index contributed by atoms with van der Waals surface area (Å²) in [7, 11) is 1.83. The van der Waals surface area contributed by atoms with Crippen LogP contribution in [-0.2, 0) is 7.05 Å². The molecule has 0 aliphatic carbocycles. The summed E-state index contributed by atoms with van der Waals surface area (Å²) in [5, 5.41) is 7.35. The zero-order valence-corrected chi connectivity index (χ0v) is 8.53. The van der Waals surface area contributed by atoms with E-state index in [0.717, 1.165) is 13.1 Å². The van der Waals surface area contributed by atoms with E-state index in [1.807, 2.05) is 7.05 Å². The maximum absolute atomic E-state index is 12.0. The van der Waals surface area contributed by atoms with Gasteiger partial charge < -0.3 is 5.32 Å². The molecule has 0 radical (unpaired) electrons. The summed E-state index contributed by atoms with van der Waals surface area (Å²) in [6, 6.07) is 1.79. The number of hydrogen-bond donors (Lipinski definition) is 1. The second-order valence-electron chi connectivity index (χ2n) is 3.98. The van der Waals surface area contributed by atoms with Crippen molar-refractivity contribution in [1.82, 2.24) is 15.1 Å². The van der Waals surface area contributed by atoms with Crippen molar-refractivity contribution >= 4 is 5.78 Å². The van der Waals surface area contributed by atoms with Gasteiger partial charge in [-0.3, -0.25) is 9.48 Å². The van der Waals surface area contributed by atoms with Gasteiger partial charge in [0, 0.05) is 25.7 Å². The van der Waals surface area contributed by atoms with Crippen molar-refractivity contribution in [3.63, 3.8) is 0 Å². The van der Waals surface area contributed by atoms with Gasteiger partial charge >= 0.3 is 0 Å². The van der Waals surface area contributed by atoms with Gasteiger partial charge in [-0.25, -0.2) is 0 Å². The summed E-state index contributed by atoms with van der Waals surface area (Å²) < 4.78 is 1.67. The van der Waals surface area contributed by atoms with Crippen molar-refractivity contribution in [3.8, 4) is 0 Å². The van der Waals surface area contributed by atoms with Crippen LogP contribution >= 0.6 is 0 Å². The molecule has 1 N–H and O–H groups in total. The van der Waals surface area contributed by atoms with E-state index in [4.69, 9.17) is 0 Å². The minimum atomic E-state index is 0.102. The Kier molecular flexibility index (Phi) is 2.37. The minimum Gasteiger partial charge on any atom is -0.316 e. The van der Waals surface area contributed by atoms with Gasteiger partial charge in [-0.05, 0) is 18.5 Å². The maximum Gasteiger partial charge on any atom is 0.187 e. The zero-order chi connectivity index (χ0) is 10.1. The monoisotopic (exact) mass is 193 g/mol. The predicted molar refractivity (Wildman–Crippen MR) is 53.1 cm³/mol. The van der Waals surface area contributed by atoms with Crippen LogP contribution in [0.25, 0.3) is 0 Å². The van der Waals surface area contributed by atoms with Gasteiger partial charge in [0.25, 0.3) is 0 Å². The lowest BCUT2D eigenvalue weighted by molar-refractivity contribution is 0.0902. The van der Waals surface area contributed by atoms with E-state index < -0.39 is 0 Å². The first-order valence-corrected chi connectivity index (χ1v) is 4.93. The number of nitrogens with one attached hydrogen (secondary N) is 1. The third kappa shape index (κ3) is 1.57. The Labute approximate surface area is 83.3 Å². The first kappa shape index (κ1) is 9.40. The molecule has 2 atom stereocenters. The van der Waals surface area contributed by atoms with E-state index in [2.05, 4.69) is 17.3 Å². The van der Waals surface area contributed by atoms with E-state index in [1.165, 1.54) is 0 Å². The SMILES string of the molecule is CC1CNCC1C(=O)c1ccn(C)n1. The second kappa shape index (κ2) is 3.53. The molecule has 1 aliphatic heterocycles. The van der Waals surface area contributed by atoms with Crippen LogP contribution in [-0.4, -0.2) is 28.7 Å². The molecule has 1 fully saturated rings. The first-order valence-electron chi connectivity index (χ1n) is 4.93. The lowest BCUT2D eigenvalue weighted by Crippen LogP contribution is -2.22. The summed E-state index contributed by atoms with van der Waals surface area (Å²) >= 11 is 0. The van der Waals surface area contributed by atoms with Gasteiger partial charge in [0.1, 0.15) is 5.69 Å². The van der Waals surface area contributed by atoms with Crippen molar-refractivity contribution in [3.05, 3.63) is 18.0 Å². The Morgan fingerprint density at radius 1 is 1.64 bits per heavy atom. The van der Waals surface area contributed by atoms with Crippen molar-refractivity contribution in [2.45, 2.75) is 6.92 Å². The van der Waals surface area contributed by atoms with E-state index in [1.54, 1.807) is 16.9 Å². The molecule has 0 bridgehead atoms. The normalized spacial score (nSPS) is 26.7. The number of Topliss-reactive ketones (excluding diaryl/α,β-unsaturated/α-hetero) is 1. The molecule has 0 spiro atoms. The summed E-state index contributed by atoms with van der Waals surface area (Å²) in [6.45, 7) is 3.82. The highest BCUT2D eigenvalue weighted by Crippen LogP contribution is 2.19. The maximum atomic E-state index is 12.0. The molecule has 1 aromatic heterocycles. The van der Waals surface area contributed by atoms with Gasteiger partial charge in [-0.2, -0.15) is 5.10 Å². The lowest BCUT2D eigenvalue weighted by Gasteiger charge is -2.10. The Morgan fingerprint density at radius 3 is 2.93 bits per heavy atom. The molecule has 2 heterocycles. The number of hydrogen-bond acceptors (Lipinski definition) is 3. The summed E-state index contributed by atoms with van der Waals surface area (Å²) in [6.07, 6.45) is 1.81. The smallest absolute Gasteiger partial charge is 0.187 e. The number of ketones is 1. The number of carbonyl (C=O) groups is 1. The van der Waals surface area contributed by atoms with Crippen LogP contribution < -0.4 is 5.32 Å². The highest BCUT2D eigenvalue weighted by molar-refractivity contribution is 5.96. The molecule has 76 valence electrons. The molecular weight excluding hydrogens is 178 g/mol. The standard InChI is InChI=1S/C10H15N3O/c1-7-5-11-6-8(7)10(14)9-3-4-13(2)12-9/h3-4,7-8,11H,5-6H2,1-2H3. The largest absolute Gasteiger partial charge is 0.316 e. The van der Waals surface area contributed by atoms with Crippen LogP contribution in [0.5, 0.6) is 0 Å². The van der Waals surface area contributed by atoms with E-state index in [0.29, 0.717) is 11.6 Å². The van der Waals surface area contributed by atoms with Crippen molar-refractivity contribution < 1.29 is 4.79 Å². The van der Waals surface area contributed by atoms with Crippen LogP contribution in [0.15, 0.2) is 12.3 Å². The van der Waals surface area contributed by atoms with Crippen molar-refractivity contribution in [1.29, 1.82) is 0 Å². The quantitative estimate of drug-likeness (QED) is 0.694. The fourth-order valence-electron chi connectivity index (χ4n) is 1.90. The highest BCUT2D eigenvalue weighted by atomic mass is 16.1. The van der Waals surface area contributed by atoms with Gasteiger partial charge in [-0.1, -0.05) is 6.92 Å². The van der Waals surface area contributed by atoms with Crippen LogP contribution in [0.1, 0.15) is 17.4 Å². The molecule has 1 saturated heterocycles. The molecule has 4 nitrogen and oxygen atoms in total. The molecule has 0 aromatic carbocycles. The Morgan fingerprint density at radius 2 is 2.43 bits per heavy atom. The van der Waals surface area contributed by atoms with Crippen LogP contribution in [0.2, 0.25) is 0 Å². The lowest BCUT2D eigenvalue weighted by atomic mass is 9.92. The van der Waals surface area contributed by atoms with E-state index >= 15 is 0 Å². The zero-order valence-electron chi connectivity index (χ0n) is 8.53. The average molecular weight is 193 g/mol. The Balaban J connectivity index is 2.15. The van der Waals surface area contributed by atoms with Gasteiger partial charge in [-0.15, -0.1) is 0 Å². The minimum absolute atomic E-state index is 0.102. The molecule has 2 unspecified atom stereocenters. The number of aryl methyl sites for hydroxylation is 1. The fourth-order valence-corrected chi connectivity index (χ4v) is 1.90. The number of nitrogens with zero attached hydrogens (tertiary/aromatic N) is 2. The molecule has 14 heavy (non-hydrogen) atoms. The topological polar surface area (TPSA) is 46.9 Å². The van der Waals surface area contributed by atoms with Gasteiger partial charge in [0.15, 0.2) is 5.78 Å². The molecule has 0 amide bonds.